The van der Waals surface area contributed by atoms with E-state index in [4.69, 9.17) is 28.4 Å². The normalized spacial score (nSPS) is 44.9. The first-order valence-corrected chi connectivity index (χ1v) is 21.3. The van der Waals surface area contributed by atoms with Gasteiger partial charge in [0.25, 0.3) is 11.7 Å². The largest absolute Gasteiger partial charge is 0.393 e. The number of aliphatic hydroxyl groups excluding tert-OH is 3. The molecule has 57 heavy (non-hydrogen) atoms. The molecular weight excluding hydrogens is 738 g/mol. The number of hydrogen-bond donors (Lipinski definition) is 5. The highest BCUT2D eigenvalue weighted by Gasteiger charge is 2.56. The fourth-order valence-electron chi connectivity index (χ4n) is 10.1. The van der Waals surface area contributed by atoms with E-state index in [0.29, 0.717) is 57.8 Å². The molecule has 5 heterocycles. The predicted octanol–water partition coefficient (Wildman–Crippen LogP) is 3.39. The van der Waals surface area contributed by atoms with Gasteiger partial charge in [-0.3, -0.25) is 9.59 Å². The Morgan fingerprint density at radius 2 is 1.61 bits per heavy atom. The average molecular weight is 810 g/mol. The number of amides is 1. The maximum absolute atomic E-state index is 14.3. The molecule has 3 saturated heterocycles. The van der Waals surface area contributed by atoms with Crippen molar-refractivity contribution in [1.82, 2.24) is 4.90 Å². The minimum Gasteiger partial charge on any atom is -0.393 e. The smallest absolute Gasteiger partial charge is 0.296 e. The van der Waals surface area contributed by atoms with Crippen LogP contribution in [0.2, 0.25) is 0 Å². The van der Waals surface area contributed by atoms with Crippen molar-refractivity contribution in [3.05, 3.63) is 23.3 Å². The Hall–Kier alpha value is -1.82. The van der Waals surface area contributed by atoms with Gasteiger partial charge < -0.3 is 58.9 Å². The molecule has 0 spiro atoms. The Morgan fingerprint density at radius 3 is 2.28 bits per heavy atom. The summed E-state index contributed by atoms with van der Waals surface area (Å²) in [5, 5.41) is 58.4. The van der Waals surface area contributed by atoms with E-state index < -0.39 is 90.0 Å². The molecule has 5 N–H and O–H groups in total. The number of hydrogen-bond acceptors (Lipinski definition) is 13. The molecule has 4 bridgehead atoms. The second-order valence-corrected chi connectivity index (χ2v) is 17.8. The molecule has 0 aromatic heterocycles. The van der Waals surface area contributed by atoms with Crippen LogP contribution in [0.3, 0.4) is 0 Å². The van der Waals surface area contributed by atoms with E-state index in [1.165, 1.54) is 4.90 Å². The van der Waals surface area contributed by atoms with Crippen LogP contribution in [0.25, 0.3) is 0 Å². The second kappa shape index (κ2) is 19.7. The van der Waals surface area contributed by atoms with Crippen molar-refractivity contribution in [3.63, 3.8) is 0 Å². The summed E-state index contributed by atoms with van der Waals surface area (Å²) in [5.41, 5.74) is 1.72. The maximum Gasteiger partial charge on any atom is 0.296 e. The monoisotopic (exact) mass is 809 g/mol. The Labute approximate surface area is 338 Å². The summed E-state index contributed by atoms with van der Waals surface area (Å²) in [5.74, 6) is -8.07. The predicted molar refractivity (Wildman–Crippen MR) is 209 cm³/mol. The van der Waals surface area contributed by atoms with Crippen molar-refractivity contribution in [2.75, 3.05) is 34.5 Å². The lowest BCUT2D eigenvalue weighted by Gasteiger charge is -2.47. The zero-order chi connectivity index (χ0) is 41.8. The SMILES string of the molecule is CC[C@@H]1C=C2COC1(O)C[C@@H](O)[C@@H](C)[C@H](/C(C)=C/[C@@H]1CC[C@@H](O)C(OC)C1)OC(O)C1CCCCN1C(=O)C(=O)[C@]1(O)O[C@H]([C@@H](OC)C[C@@H](C)C2)[C@@H](OC)C[C@H]1C. The fourth-order valence-corrected chi connectivity index (χ4v) is 10.1. The molecule has 14 nitrogen and oxygen atoms in total. The van der Waals surface area contributed by atoms with Gasteiger partial charge in [-0.25, -0.2) is 0 Å². The van der Waals surface area contributed by atoms with E-state index in [-0.39, 0.29) is 43.9 Å². The first-order chi connectivity index (χ1) is 27.0. The van der Waals surface area contributed by atoms with E-state index in [9.17, 15) is 35.1 Å². The number of carbonyl (C=O) groups excluding carboxylic acids is 2. The van der Waals surface area contributed by atoms with Crippen molar-refractivity contribution in [2.45, 2.75) is 172 Å². The molecule has 6 aliphatic rings. The Bertz CT molecular complexity index is 1420. The lowest BCUT2D eigenvalue weighted by Crippen LogP contribution is -2.64. The number of Topliss-reactive ketones (excluding diaryl/α,β-unsaturated/α-hetero) is 1. The summed E-state index contributed by atoms with van der Waals surface area (Å²) in [6.45, 7) is 9.67. The maximum atomic E-state index is 14.3. The first-order valence-electron chi connectivity index (χ1n) is 21.3. The summed E-state index contributed by atoms with van der Waals surface area (Å²) in [6.07, 6.45) is 2.74. The third-order valence-corrected chi connectivity index (χ3v) is 13.7. The molecule has 6 rings (SSSR count). The number of aliphatic hydroxyl groups is 5. The average Bonchev–Trinajstić information content (AvgIpc) is 3.19. The molecule has 5 aliphatic heterocycles. The Balaban J connectivity index is 1.54. The highest BCUT2D eigenvalue weighted by Crippen LogP contribution is 2.41. The topological polar surface area (TPSA) is 194 Å². The standard InChI is InChI=1S/C43H71NO13/c1-9-30-20-29-16-24(2)17-35(53-7)38-36(54-8)19-26(4)43(51,57-38)39(47)40(48)44-15-11-10-12-31(44)41(49)56-37(27(5)33(46)22-42(30,50)55-23-29)25(3)18-28-13-14-32(45)34(21-28)52-6/h18,20,24,26-28,30-38,41,45-46,49-51H,9-17,19,21-23H2,1-8H3/b25-18+/t24-,26+,27+,28-,30+,31?,32+,33+,34?,35-,36-,37-,38+,41?,42?,43+/m0/s1. The minimum atomic E-state index is -2.48. The first kappa shape index (κ1) is 46.2. The van der Waals surface area contributed by atoms with Gasteiger partial charge in [0, 0.05) is 52.0 Å². The van der Waals surface area contributed by atoms with E-state index >= 15 is 0 Å². The van der Waals surface area contributed by atoms with Gasteiger partial charge in [-0.2, -0.15) is 0 Å². The number of carbonyl (C=O) groups is 2. The molecule has 1 saturated carbocycles. The van der Waals surface area contributed by atoms with Gasteiger partial charge in [0.15, 0.2) is 12.1 Å². The van der Waals surface area contributed by atoms with Crippen LogP contribution in [-0.4, -0.2) is 143 Å². The van der Waals surface area contributed by atoms with Crippen LogP contribution in [0.1, 0.15) is 105 Å². The Kier molecular flexibility index (Phi) is 16.0. The number of fused-ring (bicyclic) bond motifs is 11. The van der Waals surface area contributed by atoms with Crippen molar-refractivity contribution in [2.24, 2.45) is 29.6 Å². The van der Waals surface area contributed by atoms with Gasteiger partial charge in [0.2, 0.25) is 5.79 Å². The van der Waals surface area contributed by atoms with Gasteiger partial charge >= 0.3 is 0 Å². The molecule has 0 aromatic carbocycles. The second-order valence-electron chi connectivity index (χ2n) is 17.8. The zero-order valence-corrected chi connectivity index (χ0v) is 35.4. The number of ketones is 1. The summed E-state index contributed by atoms with van der Waals surface area (Å²) < 4.78 is 36.3. The molecule has 14 heteroatoms. The van der Waals surface area contributed by atoms with Gasteiger partial charge in [0.1, 0.15) is 6.10 Å². The Morgan fingerprint density at radius 1 is 0.930 bits per heavy atom. The van der Waals surface area contributed by atoms with E-state index in [1.807, 2.05) is 26.0 Å². The molecule has 4 unspecified atom stereocenters. The molecule has 16 atom stereocenters. The highest BCUT2D eigenvalue weighted by atomic mass is 16.7. The molecule has 4 fully saturated rings. The van der Waals surface area contributed by atoms with Crippen molar-refractivity contribution in [1.29, 1.82) is 0 Å². The van der Waals surface area contributed by atoms with E-state index in [1.54, 1.807) is 35.2 Å². The summed E-state index contributed by atoms with van der Waals surface area (Å²) in [7, 11) is 4.66. The molecule has 0 radical (unpaired) electrons. The summed E-state index contributed by atoms with van der Waals surface area (Å²) in [4.78, 5) is 29.8. The third-order valence-electron chi connectivity index (χ3n) is 13.7. The summed E-state index contributed by atoms with van der Waals surface area (Å²) in [6, 6.07) is -0.942. The van der Waals surface area contributed by atoms with Gasteiger partial charge in [-0.15, -0.1) is 0 Å². The van der Waals surface area contributed by atoms with Gasteiger partial charge in [-0.05, 0) is 94.1 Å². The highest BCUT2D eigenvalue weighted by molar-refractivity contribution is 6.38. The van der Waals surface area contributed by atoms with Crippen molar-refractivity contribution in [3.8, 4) is 0 Å². The molecular formula is C43H71NO13. The van der Waals surface area contributed by atoms with Gasteiger partial charge in [-0.1, -0.05) is 39.8 Å². The van der Waals surface area contributed by atoms with Crippen LogP contribution in [0.15, 0.2) is 23.3 Å². The van der Waals surface area contributed by atoms with Crippen LogP contribution in [0.5, 0.6) is 0 Å². The quantitative estimate of drug-likeness (QED) is 0.194. The van der Waals surface area contributed by atoms with Crippen LogP contribution in [-0.2, 0) is 38.0 Å². The number of methoxy groups -OCH3 is 3. The van der Waals surface area contributed by atoms with Crippen LogP contribution in [0, 0.1) is 29.6 Å². The third kappa shape index (κ3) is 10.2. The number of piperidine rings is 1. The zero-order valence-electron chi connectivity index (χ0n) is 35.4. The minimum absolute atomic E-state index is 0.0222. The molecule has 1 amide bonds. The number of ether oxygens (including phenoxy) is 6. The molecule has 1 aliphatic carbocycles. The molecule has 0 aromatic rings. The van der Waals surface area contributed by atoms with Crippen LogP contribution < -0.4 is 0 Å². The fraction of sp³-hybridized carbons (Fsp3) is 0.860. The van der Waals surface area contributed by atoms with Crippen LogP contribution >= 0.6 is 0 Å². The van der Waals surface area contributed by atoms with Crippen LogP contribution in [0.4, 0.5) is 0 Å². The number of allylic oxidation sites excluding steroid dienone is 1. The summed E-state index contributed by atoms with van der Waals surface area (Å²) >= 11 is 0. The number of rotatable bonds is 6. The van der Waals surface area contributed by atoms with Crippen molar-refractivity contribution >= 4 is 11.7 Å². The lowest BCUT2D eigenvalue weighted by molar-refractivity contribution is -0.302. The molecule has 326 valence electrons. The lowest BCUT2D eigenvalue weighted by atomic mass is 9.80. The number of nitrogens with zero attached hydrogens (tertiary/aromatic N) is 1. The van der Waals surface area contributed by atoms with Gasteiger partial charge in [0.05, 0.1) is 49.3 Å². The van der Waals surface area contributed by atoms with E-state index in [2.05, 4.69) is 6.92 Å². The van der Waals surface area contributed by atoms with Crippen molar-refractivity contribution < 1.29 is 63.5 Å². The van der Waals surface area contributed by atoms with E-state index in [0.717, 1.165) is 11.1 Å².